The minimum atomic E-state index is -5.20. The van der Waals surface area contributed by atoms with Crippen molar-refractivity contribution in [2.45, 2.75) is 240 Å². The minimum Gasteiger partial charge on any atom is -0.382 e. The lowest BCUT2D eigenvalue weighted by molar-refractivity contribution is -0.219. The molecule has 4 aliphatic carbocycles. The van der Waals surface area contributed by atoms with Crippen molar-refractivity contribution >= 4 is 70.9 Å². The summed E-state index contributed by atoms with van der Waals surface area (Å²) in [5, 5.41) is 8.26. The molecule has 4 aliphatic heterocycles. The van der Waals surface area contributed by atoms with Crippen LogP contribution < -0.4 is 16.0 Å². The maximum Gasteiger partial charge on any atom is 0.397 e. The normalized spacial score (nSPS) is 32.2. The first-order valence-electron chi connectivity index (χ1n) is 37.8. The van der Waals surface area contributed by atoms with E-state index in [1.165, 1.54) is 64.1 Å². The van der Waals surface area contributed by atoms with E-state index in [-0.39, 0.29) is 104 Å². The molecule has 0 aromatic carbocycles. The summed E-state index contributed by atoms with van der Waals surface area (Å²) in [4.78, 5) is 190. The summed E-state index contributed by atoms with van der Waals surface area (Å²) in [6.07, 6.45) is -14.1. The largest absolute Gasteiger partial charge is 0.397 e. The molecule has 4 heterocycles. The minimum absolute atomic E-state index is 0.0121. The number of carbonyl (C=O) groups is 12. The number of likely N-dealkylation sites (N-methyl/N-ethyl adjacent to an activating group) is 6. The molecule has 8 aliphatic rings. The number of methoxy groups -OCH3 is 1. The van der Waals surface area contributed by atoms with Gasteiger partial charge in [-0.2, -0.15) is 26.3 Å². The fourth-order valence-electron chi connectivity index (χ4n) is 16.9. The molecule has 8 fully saturated rings. The zero-order chi connectivity index (χ0) is 78.0. The summed E-state index contributed by atoms with van der Waals surface area (Å²) in [6, 6.07) is -11.3. The lowest BCUT2D eigenvalue weighted by Crippen LogP contribution is -2.70. The topological polar surface area (TPSA) is 289 Å². The number of ether oxygens (including phenoxy) is 2. The Morgan fingerprint density at radius 1 is 0.594 bits per heavy atom. The summed E-state index contributed by atoms with van der Waals surface area (Å²) >= 11 is 0. The van der Waals surface area contributed by atoms with Gasteiger partial charge in [-0.1, -0.05) is 46.0 Å². The van der Waals surface area contributed by atoms with Gasteiger partial charge in [0.25, 0.3) is 0 Å². The van der Waals surface area contributed by atoms with E-state index in [0.717, 1.165) is 29.4 Å². The van der Waals surface area contributed by atoms with Crippen LogP contribution >= 0.6 is 0 Å². The first kappa shape index (κ1) is 84.6. The number of morpholine rings is 1. The van der Waals surface area contributed by atoms with Crippen LogP contribution in [0.4, 0.5) is 35.1 Å². The molecule has 8 rings (SSSR count). The van der Waals surface area contributed by atoms with E-state index in [9.17, 15) is 59.9 Å². The average Bonchev–Trinajstić information content (AvgIpc) is 0.878. The van der Waals surface area contributed by atoms with E-state index in [4.69, 9.17) is 9.47 Å². The van der Waals surface area contributed by atoms with Gasteiger partial charge in [0.1, 0.15) is 72.1 Å². The van der Waals surface area contributed by atoms with Gasteiger partial charge in [-0.25, -0.2) is 8.78 Å². The molecule has 26 nitrogen and oxygen atoms in total. The average molecular weight is 1520 g/mol. The van der Waals surface area contributed by atoms with Gasteiger partial charge in [-0.3, -0.25) is 57.5 Å². The first-order valence-corrected chi connectivity index (χ1v) is 37.8. The third kappa shape index (κ3) is 19.9. The molecule has 11 atom stereocenters. The molecular weight excluding hydrogens is 1410 g/mol. The van der Waals surface area contributed by atoms with Crippen molar-refractivity contribution in [2.24, 2.45) is 35.5 Å². The lowest BCUT2D eigenvalue weighted by Gasteiger charge is -2.48. The summed E-state index contributed by atoms with van der Waals surface area (Å²) in [5.74, 6) is -16.7. The van der Waals surface area contributed by atoms with Crippen molar-refractivity contribution in [1.29, 1.82) is 0 Å². The molecule has 34 heteroatoms. The summed E-state index contributed by atoms with van der Waals surface area (Å²) in [5.41, 5.74) is -1.65. The zero-order valence-electron chi connectivity index (χ0n) is 62.6. The number of alkyl halides is 8. The van der Waals surface area contributed by atoms with Gasteiger partial charge >= 0.3 is 12.4 Å². The van der Waals surface area contributed by atoms with Crippen LogP contribution in [0.3, 0.4) is 0 Å². The van der Waals surface area contributed by atoms with E-state index in [1.54, 1.807) is 13.8 Å². The van der Waals surface area contributed by atoms with E-state index in [2.05, 4.69) is 16.0 Å². The van der Waals surface area contributed by atoms with Crippen molar-refractivity contribution in [3.8, 4) is 0 Å². The number of amides is 12. The summed E-state index contributed by atoms with van der Waals surface area (Å²) in [6.45, 7) is 1.83. The van der Waals surface area contributed by atoms with Crippen LogP contribution in [0.1, 0.15) is 162 Å². The van der Waals surface area contributed by atoms with Crippen LogP contribution in [0, 0.1) is 35.5 Å². The Kier molecular flexibility index (Phi) is 29.1. The van der Waals surface area contributed by atoms with Crippen LogP contribution in [-0.4, -0.2) is 302 Å². The smallest absolute Gasteiger partial charge is 0.382 e. The molecule has 0 aromatic rings. The van der Waals surface area contributed by atoms with Crippen molar-refractivity contribution in [1.82, 2.24) is 60.0 Å². The van der Waals surface area contributed by atoms with Gasteiger partial charge in [0.2, 0.25) is 70.9 Å². The highest BCUT2D eigenvalue weighted by atomic mass is 19.4. The fourth-order valence-corrected chi connectivity index (χ4v) is 16.9. The molecule has 0 aromatic heterocycles. The SMILES string of the molecule is CC[C@H](C)[C@@H]1NC(=O)[C@H](COC)N(C)C(=O)C[C@@H](C(=O)N2CCOCC2)N(C)C(=O)[C@H](C2CCCC2)N(C)C(=O)C2(CCC2)NC(=O)[C@@H]2CCN2C(=O)[C@H](CCC2CC(F)C(C(F)(F)F)C(F)C2)NC(=O)CN(C)C(=O)[C@H](CC2CCC(C(F)(F)F)CC2)N2CCCCC[C@@H](C2=O)N(C)C(=O)CN(C)C1=O. The molecule has 1 spiro atoms. The molecule has 3 N–H and O–H groups in total. The van der Waals surface area contributed by atoms with Crippen LogP contribution in [0.15, 0.2) is 0 Å². The van der Waals surface area contributed by atoms with Crippen LogP contribution in [0.5, 0.6) is 0 Å². The van der Waals surface area contributed by atoms with Crippen molar-refractivity contribution in [3.63, 3.8) is 0 Å². The molecule has 4 saturated heterocycles. The van der Waals surface area contributed by atoms with E-state index >= 15 is 32.8 Å². The number of nitrogens with zero attached hydrogens (tertiary/aromatic N) is 9. The number of carbonyl (C=O) groups excluding carboxylic acids is 12. The molecule has 12 amide bonds. The van der Waals surface area contributed by atoms with Gasteiger partial charge in [0.05, 0.1) is 45.2 Å². The Morgan fingerprint density at radius 3 is 1.78 bits per heavy atom. The van der Waals surface area contributed by atoms with Gasteiger partial charge in [-0.05, 0) is 133 Å². The quantitative estimate of drug-likeness (QED) is 0.240. The van der Waals surface area contributed by atoms with Gasteiger partial charge in [-0.15, -0.1) is 0 Å². The summed E-state index contributed by atoms with van der Waals surface area (Å²) < 4.78 is 126. The molecule has 598 valence electrons. The fraction of sp³-hybridized carbons (Fsp3) is 0.833. The van der Waals surface area contributed by atoms with E-state index < -0.39 is 230 Å². The Bertz CT molecular complexity index is 3140. The standard InChI is InChI=1S/C72H110F8N12O14/c1-10-42(2)59-67(102)85(4)40-57(95)86(5)51-19-12-11-15-29-91(66(51)101)53(37-43-20-23-46(24-21-43)71(75,76)77)64(99)84(3)39-55(93)81-49(25-22-44-35-47(73)58(48(74)36-44)72(78,79)80)63(98)92-30-26-50(92)62(97)83-70(27-16-28-70)69(104)89(8)60(45-17-13-14-18-45)68(103)88(7)52(65(100)90-31-33-106-34-32-90)38-56(94)87(6)54(41-105-9)61(96)82-59/h42-54,58-60H,10-41H2,1-9H3,(H,81,93)(H,82,96)(H,83,97)/t42-,43?,44?,46?,47?,48?,49-,50-,51-,52-,53-,54-,58?,59-,60-/m0/s1. The predicted octanol–water partition coefficient (Wildman–Crippen LogP) is 4.54. The number of hydrogen-bond donors (Lipinski definition) is 3. The van der Waals surface area contributed by atoms with Gasteiger partial charge in [0, 0.05) is 75.6 Å². The Morgan fingerprint density at radius 2 is 1.22 bits per heavy atom. The second-order valence-electron chi connectivity index (χ2n) is 31.1. The molecule has 2 unspecified atom stereocenters. The van der Waals surface area contributed by atoms with Crippen molar-refractivity contribution in [3.05, 3.63) is 0 Å². The van der Waals surface area contributed by atoms with E-state index in [0.29, 0.717) is 57.8 Å². The highest BCUT2D eigenvalue weighted by Gasteiger charge is 2.56. The Labute approximate surface area is 615 Å². The number of halogens is 8. The maximum absolute atomic E-state index is 15.6. The summed E-state index contributed by atoms with van der Waals surface area (Å²) in [7, 11) is 9.23. The Balaban J connectivity index is 1.17. The van der Waals surface area contributed by atoms with Gasteiger partial charge in [0.15, 0.2) is 0 Å². The highest BCUT2D eigenvalue weighted by Crippen LogP contribution is 2.46. The second kappa shape index (κ2) is 36.5. The monoisotopic (exact) mass is 1520 g/mol. The first-order chi connectivity index (χ1) is 49.9. The third-order valence-corrected chi connectivity index (χ3v) is 24.1. The Hall–Kier alpha value is -7.00. The van der Waals surface area contributed by atoms with Crippen LogP contribution in [0.25, 0.3) is 0 Å². The molecule has 2 bridgehead atoms. The van der Waals surface area contributed by atoms with Gasteiger partial charge < -0.3 is 69.5 Å². The van der Waals surface area contributed by atoms with Crippen LogP contribution in [0.2, 0.25) is 0 Å². The highest BCUT2D eigenvalue weighted by molar-refractivity contribution is 6.01. The number of fused-ring (bicyclic) bond motifs is 3. The second-order valence-corrected chi connectivity index (χ2v) is 31.1. The van der Waals surface area contributed by atoms with E-state index in [1.807, 2.05) is 0 Å². The number of hydrogen-bond acceptors (Lipinski definition) is 14. The van der Waals surface area contributed by atoms with Crippen molar-refractivity contribution in [2.75, 3.05) is 108 Å². The number of nitrogens with one attached hydrogen (secondary N) is 3. The third-order valence-electron chi connectivity index (χ3n) is 24.1. The zero-order valence-corrected chi connectivity index (χ0v) is 62.6. The maximum atomic E-state index is 15.6. The molecule has 106 heavy (non-hydrogen) atoms. The molecule has 0 radical (unpaired) electrons. The van der Waals surface area contributed by atoms with Crippen LogP contribution in [-0.2, 0) is 67.0 Å². The number of rotatable bonds is 11. The molecular formula is C72H110F8N12O14. The lowest BCUT2D eigenvalue weighted by atomic mass is 9.74. The molecule has 4 saturated carbocycles. The predicted molar refractivity (Wildman–Crippen MR) is 367 cm³/mol. The van der Waals surface area contributed by atoms with Crippen molar-refractivity contribution < 1.29 is 102 Å².